The topological polar surface area (TPSA) is 47.4 Å². The molecule has 0 aromatic carbocycles. The summed E-state index contributed by atoms with van der Waals surface area (Å²) in [5.74, 6) is 1.08. The van der Waals surface area contributed by atoms with Crippen molar-refractivity contribution < 1.29 is 9.53 Å². The van der Waals surface area contributed by atoms with E-state index < -0.39 is 0 Å². The van der Waals surface area contributed by atoms with Crippen LogP contribution in [0.3, 0.4) is 0 Å². The molecule has 0 saturated heterocycles. The van der Waals surface area contributed by atoms with Gasteiger partial charge in [-0.25, -0.2) is 0 Å². The molecule has 4 rings (SSSR count). The third-order valence-electron chi connectivity index (χ3n) is 4.91. The molecule has 24 heavy (non-hydrogen) atoms. The van der Waals surface area contributed by atoms with Crippen molar-refractivity contribution in [3.8, 4) is 0 Å². The lowest BCUT2D eigenvalue weighted by atomic mass is 9.97. The average Bonchev–Trinajstić information content (AvgIpc) is 3.11. The number of methoxy groups -OCH3 is 1. The Morgan fingerprint density at radius 3 is 2.96 bits per heavy atom. The van der Waals surface area contributed by atoms with Crippen molar-refractivity contribution in [3.05, 3.63) is 39.3 Å². The average molecular weight is 345 g/mol. The van der Waals surface area contributed by atoms with E-state index in [4.69, 9.17) is 9.84 Å². The summed E-state index contributed by atoms with van der Waals surface area (Å²) in [4.78, 5) is 15.7. The lowest BCUT2D eigenvalue weighted by molar-refractivity contribution is 0.0683. The van der Waals surface area contributed by atoms with E-state index in [2.05, 4.69) is 10.9 Å². The second-order valence-electron chi connectivity index (χ2n) is 6.98. The van der Waals surface area contributed by atoms with Crippen molar-refractivity contribution in [2.24, 2.45) is 5.92 Å². The first-order valence-corrected chi connectivity index (χ1v) is 9.42. The number of hydrogen-bond donors (Lipinski definition) is 0. The van der Waals surface area contributed by atoms with Gasteiger partial charge in [0.15, 0.2) is 0 Å². The third kappa shape index (κ3) is 3.00. The van der Waals surface area contributed by atoms with Crippen LogP contribution in [0, 0.1) is 12.8 Å². The summed E-state index contributed by atoms with van der Waals surface area (Å²) in [6.45, 7) is 4.93. The molecule has 2 aromatic heterocycles. The molecule has 1 fully saturated rings. The van der Waals surface area contributed by atoms with Crippen LogP contribution in [-0.4, -0.2) is 40.8 Å². The summed E-state index contributed by atoms with van der Waals surface area (Å²) >= 11 is 1.53. The molecule has 1 aliphatic heterocycles. The second kappa shape index (κ2) is 6.33. The Bertz CT molecular complexity index is 747. The summed E-state index contributed by atoms with van der Waals surface area (Å²) in [7, 11) is 1.71. The maximum absolute atomic E-state index is 12.9. The zero-order valence-corrected chi connectivity index (χ0v) is 15.0. The predicted molar refractivity (Wildman–Crippen MR) is 93.4 cm³/mol. The molecule has 1 amide bonds. The molecular weight excluding hydrogens is 322 g/mol. The molecule has 3 heterocycles. The molecule has 1 saturated carbocycles. The van der Waals surface area contributed by atoms with Gasteiger partial charge >= 0.3 is 0 Å². The molecule has 0 radical (unpaired) electrons. The van der Waals surface area contributed by atoms with Crippen molar-refractivity contribution in [1.29, 1.82) is 0 Å². The van der Waals surface area contributed by atoms with Gasteiger partial charge in [-0.2, -0.15) is 5.10 Å². The van der Waals surface area contributed by atoms with Crippen LogP contribution in [-0.2, 0) is 17.8 Å². The molecule has 0 N–H and O–H groups in total. The lowest BCUT2D eigenvalue weighted by Crippen LogP contribution is -2.39. The molecule has 2 aromatic rings. The van der Waals surface area contributed by atoms with Gasteiger partial charge in [0.1, 0.15) is 0 Å². The van der Waals surface area contributed by atoms with Crippen molar-refractivity contribution in [3.63, 3.8) is 0 Å². The summed E-state index contributed by atoms with van der Waals surface area (Å²) in [5.41, 5.74) is 3.35. The maximum atomic E-state index is 12.9. The van der Waals surface area contributed by atoms with Crippen molar-refractivity contribution in [1.82, 2.24) is 14.7 Å². The highest BCUT2D eigenvalue weighted by molar-refractivity contribution is 7.12. The van der Waals surface area contributed by atoms with Gasteiger partial charge < -0.3 is 9.64 Å². The highest BCUT2D eigenvalue weighted by Crippen LogP contribution is 2.33. The molecular formula is C18H23N3O2S. The van der Waals surface area contributed by atoms with Crippen molar-refractivity contribution >= 4 is 17.2 Å². The van der Waals surface area contributed by atoms with Gasteiger partial charge in [0.05, 0.1) is 17.2 Å². The fourth-order valence-electron chi connectivity index (χ4n) is 3.45. The maximum Gasteiger partial charge on any atom is 0.264 e. The first kappa shape index (κ1) is 15.8. The molecule has 5 nitrogen and oxygen atoms in total. The van der Waals surface area contributed by atoms with E-state index in [1.807, 2.05) is 23.3 Å². The van der Waals surface area contributed by atoms with E-state index >= 15 is 0 Å². The number of fused-ring (bicyclic) bond motifs is 1. The molecule has 0 bridgehead atoms. The Kier molecular flexibility index (Phi) is 4.18. The van der Waals surface area contributed by atoms with E-state index in [1.165, 1.54) is 29.7 Å². The highest BCUT2D eigenvalue weighted by atomic mass is 32.1. The number of amides is 1. The minimum absolute atomic E-state index is 0.129. The minimum Gasteiger partial charge on any atom is -0.384 e. The van der Waals surface area contributed by atoms with Crippen LogP contribution >= 0.6 is 11.3 Å². The van der Waals surface area contributed by atoms with E-state index in [-0.39, 0.29) is 11.8 Å². The monoisotopic (exact) mass is 345 g/mol. The van der Waals surface area contributed by atoms with Crippen molar-refractivity contribution in [2.45, 2.75) is 38.8 Å². The minimum atomic E-state index is 0.129. The SMILES string of the molecule is COCC1CN(C(=O)c2sccc2C)Cc2cn(CC3CC3)nc21. The quantitative estimate of drug-likeness (QED) is 0.837. The van der Waals surface area contributed by atoms with Crippen LogP contribution in [0.5, 0.6) is 0 Å². The Morgan fingerprint density at radius 2 is 2.29 bits per heavy atom. The number of thiophene rings is 1. The van der Waals surface area contributed by atoms with Gasteiger partial charge in [0, 0.05) is 44.4 Å². The predicted octanol–water partition coefficient (Wildman–Crippen LogP) is 3.05. The van der Waals surface area contributed by atoms with Gasteiger partial charge in [-0.1, -0.05) is 0 Å². The molecule has 1 aliphatic carbocycles. The van der Waals surface area contributed by atoms with Crippen LogP contribution in [0.25, 0.3) is 0 Å². The van der Waals surface area contributed by atoms with Crippen LogP contribution in [0.4, 0.5) is 0 Å². The zero-order chi connectivity index (χ0) is 16.7. The van der Waals surface area contributed by atoms with Crippen LogP contribution in [0.2, 0.25) is 0 Å². The smallest absolute Gasteiger partial charge is 0.264 e. The number of carbonyl (C=O) groups is 1. The molecule has 1 unspecified atom stereocenters. The summed E-state index contributed by atoms with van der Waals surface area (Å²) in [6.07, 6.45) is 4.76. The number of nitrogens with zero attached hydrogens (tertiary/aromatic N) is 3. The van der Waals surface area contributed by atoms with Crippen LogP contribution < -0.4 is 0 Å². The van der Waals surface area contributed by atoms with Gasteiger partial charge in [-0.05, 0) is 42.7 Å². The van der Waals surface area contributed by atoms with Gasteiger partial charge in [-0.3, -0.25) is 9.48 Å². The van der Waals surface area contributed by atoms with Gasteiger partial charge in [0.25, 0.3) is 5.91 Å². The standard InChI is InChI=1S/C18H23N3O2S/c1-12-5-6-24-17(12)18(22)20-8-14-10-21(7-13-3-4-13)19-16(14)15(9-20)11-23-2/h5-6,10,13,15H,3-4,7-9,11H2,1-2H3. The largest absolute Gasteiger partial charge is 0.384 e. The Labute approximate surface area is 146 Å². The van der Waals surface area contributed by atoms with E-state index in [1.54, 1.807) is 7.11 Å². The first-order chi connectivity index (χ1) is 11.7. The number of aromatic nitrogens is 2. The molecule has 6 heteroatoms. The number of ether oxygens (including phenoxy) is 1. The number of rotatable bonds is 5. The highest BCUT2D eigenvalue weighted by Gasteiger charge is 2.33. The Morgan fingerprint density at radius 1 is 1.46 bits per heavy atom. The fourth-order valence-corrected chi connectivity index (χ4v) is 4.34. The summed E-state index contributed by atoms with van der Waals surface area (Å²) in [5, 5.41) is 6.79. The Balaban J connectivity index is 1.59. The fraction of sp³-hybridized carbons (Fsp3) is 0.556. The van der Waals surface area contributed by atoms with Crippen LogP contribution in [0.15, 0.2) is 17.6 Å². The van der Waals surface area contributed by atoms with Gasteiger partial charge in [-0.15, -0.1) is 11.3 Å². The second-order valence-corrected chi connectivity index (χ2v) is 7.89. The van der Waals surface area contributed by atoms with Crippen molar-refractivity contribution in [2.75, 3.05) is 20.3 Å². The Hall–Kier alpha value is -1.66. The van der Waals surface area contributed by atoms with Gasteiger partial charge in [0.2, 0.25) is 0 Å². The van der Waals surface area contributed by atoms with E-state index in [9.17, 15) is 4.79 Å². The first-order valence-electron chi connectivity index (χ1n) is 8.54. The lowest BCUT2D eigenvalue weighted by Gasteiger charge is -2.31. The summed E-state index contributed by atoms with van der Waals surface area (Å²) in [6, 6.07) is 2.01. The van der Waals surface area contributed by atoms with E-state index in [0.29, 0.717) is 19.7 Å². The third-order valence-corrected chi connectivity index (χ3v) is 5.92. The number of hydrogen-bond acceptors (Lipinski definition) is 4. The molecule has 1 atom stereocenters. The number of carbonyl (C=O) groups excluding carboxylic acids is 1. The zero-order valence-electron chi connectivity index (χ0n) is 14.2. The molecule has 2 aliphatic rings. The van der Waals surface area contributed by atoms with Crippen LogP contribution in [0.1, 0.15) is 45.3 Å². The number of aryl methyl sites for hydroxylation is 1. The molecule has 0 spiro atoms. The normalized spacial score (nSPS) is 20.2. The molecule has 128 valence electrons. The van der Waals surface area contributed by atoms with E-state index in [0.717, 1.165) is 28.6 Å². The summed E-state index contributed by atoms with van der Waals surface area (Å²) < 4.78 is 7.48.